The molecule has 138 valence electrons. The Morgan fingerprint density at radius 1 is 1.31 bits per heavy atom. The van der Waals surface area contributed by atoms with Crippen molar-refractivity contribution in [1.82, 2.24) is 20.4 Å². The molecule has 0 aliphatic carbocycles. The maximum Gasteiger partial charge on any atom is 0.242 e. The average Bonchev–Trinajstić information content (AvgIpc) is 3.05. The second-order valence-corrected chi connectivity index (χ2v) is 6.11. The smallest absolute Gasteiger partial charge is 0.242 e. The number of hydrogen-bond donors (Lipinski definition) is 3. The molecule has 0 aliphatic heterocycles. The summed E-state index contributed by atoms with van der Waals surface area (Å²) in [5.41, 5.74) is 7.98. The fourth-order valence-electron chi connectivity index (χ4n) is 2.48. The summed E-state index contributed by atoms with van der Waals surface area (Å²) in [6, 6.07) is 7.10. The van der Waals surface area contributed by atoms with Crippen LogP contribution in [0.15, 0.2) is 36.7 Å². The number of aromatic nitrogens is 2. The normalized spacial score (nSPS) is 11.6. The second kappa shape index (κ2) is 8.80. The Labute approximate surface area is 151 Å². The molecule has 2 rings (SSSR count). The molecule has 0 radical (unpaired) electrons. The van der Waals surface area contributed by atoms with Crippen LogP contribution in [0.5, 0.6) is 0 Å². The minimum Gasteiger partial charge on any atom is -0.370 e. The summed E-state index contributed by atoms with van der Waals surface area (Å²) in [5, 5.41) is 9.57. The van der Waals surface area contributed by atoms with Crippen molar-refractivity contribution in [3.8, 4) is 5.69 Å². The van der Waals surface area contributed by atoms with Crippen molar-refractivity contribution in [2.45, 2.75) is 39.3 Å². The van der Waals surface area contributed by atoms with Gasteiger partial charge >= 0.3 is 0 Å². The molecule has 0 saturated carbocycles. The van der Waals surface area contributed by atoms with Gasteiger partial charge in [0.25, 0.3) is 0 Å². The van der Waals surface area contributed by atoms with Crippen LogP contribution in [0.3, 0.4) is 0 Å². The van der Waals surface area contributed by atoms with E-state index in [4.69, 9.17) is 5.73 Å². The molecule has 4 N–H and O–H groups in total. The van der Waals surface area contributed by atoms with Crippen LogP contribution >= 0.6 is 0 Å². The number of hydrogen-bond acceptors (Lipinski definition) is 4. The molecule has 1 atom stereocenters. The van der Waals surface area contributed by atoms with Crippen LogP contribution in [0.4, 0.5) is 0 Å². The highest BCUT2D eigenvalue weighted by atomic mass is 16.2. The van der Waals surface area contributed by atoms with Crippen molar-refractivity contribution >= 4 is 17.7 Å². The molecule has 0 saturated heterocycles. The number of aryl methyl sites for hydroxylation is 1. The van der Waals surface area contributed by atoms with Gasteiger partial charge in [0.05, 0.1) is 11.9 Å². The molecule has 0 unspecified atom stereocenters. The molecular weight excluding hydrogens is 334 g/mol. The number of amides is 3. The molecule has 1 heterocycles. The third-order valence-corrected chi connectivity index (χ3v) is 3.74. The first-order chi connectivity index (χ1) is 12.3. The van der Waals surface area contributed by atoms with Crippen LogP contribution in [-0.4, -0.2) is 33.5 Å². The van der Waals surface area contributed by atoms with Crippen molar-refractivity contribution in [1.29, 1.82) is 0 Å². The first-order valence-corrected chi connectivity index (χ1v) is 8.29. The van der Waals surface area contributed by atoms with E-state index >= 15 is 0 Å². The van der Waals surface area contributed by atoms with Gasteiger partial charge in [-0.3, -0.25) is 14.4 Å². The van der Waals surface area contributed by atoms with E-state index in [1.54, 1.807) is 10.9 Å². The van der Waals surface area contributed by atoms with Crippen LogP contribution < -0.4 is 16.4 Å². The minimum atomic E-state index is -0.799. The Hall–Kier alpha value is -3.16. The monoisotopic (exact) mass is 357 g/mol. The highest BCUT2D eigenvalue weighted by Crippen LogP contribution is 2.10. The van der Waals surface area contributed by atoms with Crippen molar-refractivity contribution < 1.29 is 14.4 Å². The lowest BCUT2D eigenvalue weighted by molar-refractivity contribution is -0.128. The van der Waals surface area contributed by atoms with E-state index in [9.17, 15) is 14.4 Å². The van der Waals surface area contributed by atoms with Gasteiger partial charge in [0.1, 0.15) is 6.04 Å². The maximum atomic E-state index is 12.3. The van der Waals surface area contributed by atoms with Gasteiger partial charge in [0.2, 0.25) is 17.7 Å². The van der Waals surface area contributed by atoms with Gasteiger partial charge in [0.15, 0.2) is 0 Å². The van der Waals surface area contributed by atoms with Crippen LogP contribution in [0.2, 0.25) is 0 Å². The van der Waals surface area contributed by atoms with Crippen molar-refractivity contribution in [3.63, 3.8) is 0 Å². The van der Waals surface area contributed by atoms with E-state index in [2.05, 4.69) is 15.7 Å². The first kappa shape index (κ1) is 19.2. The third-order valence-electron chi connectivity index (χ3n) is 3.74. The number of carbonyl (C=O) groups excluding carboxylic acids is 3. The van der Waals surface area contributed by atoms with E-state index in [1.807, 2.05) is 37.4 Å². The Bertz CT molecular complexity index is 800. The van der Waals surface area contributed by atoms with E-state index in [0.29, 0.717) is 0 Å². The SMILES string of the molecule is CC(=O)N[C@@H](CCC(N)=O)C(=O)NCc1cnn(-c2cccc(C)c2)c1. The summed E-state index contributed by atoms with van der Waals surface area (Å²) in [6.07, 6.45) is 3.66. The maximum absolute atomic E-state index is 12.3. The van der Waals surface area contributed by atoms with Crippen molar-refractivity contribution in [2.24, 2.45) is 5.73 Å². The van der Waals surface area contributed by atoms with Crippen molar-refractivity contribution in [3.05, 3.63) is 47.8 Å². The molecule has 8 nitrogen and oxygen atoms in total. The fourth-order valence-corrected chi connectivity index (χ4v) is 2.48. The van der Waals surface area contributed by atoms with Gasteiger partial charge in [-0.2, -0.15) is 5.10 Å². The van der Waals surface area contributed by atoms with Gasteiger partial charge in [-0.05, 0) is 31.0 Å². The zero-order chi connectivity index (χ0) is 19.1. The van der Waals surface area contributed by atoms with E-state index in [1.165, 1.54) is 6.92 Å². The lowest BCUT2D eigenvalue weighted by Crippen LogP contribution is -2.46. The Morgan fingerprint density at radius 2 is 2.08 bits per heavy atom. The topological polar surface area (TPSA) is 119 Å². The highest BCUT2D eigenvalue weighted by Gasteiger charge is 2.20. The van der Waals surface area contributed by atoms with Gasteiger partial charge in [0, 0.05) is 31.6 Å². The largest absolute Gasteiger partial charge is 0.370 e. The Kier molecular flexibility index (Phi) is 6.48. The van der Waals surface area contributed by atoms with Crippen LogP contribution in [0.1, 0.15) is 30.9 Å². The van der Waals surface area contributed by atoms with Crippen LogP contribution in [0.25, 0.3) is 5.69 Å². The number of nitrogens with two attached hydrogens (primary N) is 1. The van der Waals surface area contributed by atoms with Gasteiger partial charge < -0.3 is 16.4 Å². The molecule has 1 aromatic heterocycles. The van der Waals surface area contributed by atoms with Crippen LogP contribution in [-0.2, 0) is 20.9 Å². The molecule has 0 bridgehead atoms. The lowest BCUT2D eigenvalue weighted by Gasteiger charge is -2.16. The summed E-state index contributed by atoms with van der Waals surface area (Å²) in [7, 11) is 0. The molecule has 1 aromatic carbocycles. The van der Waals surface area contributed by atoms with Gasteiger partial charge in [-0.1, -0.05) is 12.1 Å². The predicted molar refractivity (Wildman–Crippen MR) is 96.2 cm³/mol. The second-order valence-electron chi connectivity index (χ2n) is 6.11. The quantitative estimate of drug-likeness (QED) is 0.640. The van der Waals surface area contributed by atoms with Gasteiger partial charge in [-0.15, -0.1) is 0 Å². The van der Waals surface area contributed by atoms with E-state index in [-0.39, 0.29) is 31.2 Å². The minimum absolute atomic E-state index is 0.0175. The van der Waals surface area contributed by atoms with E-state index in [0.717, 1.165) is 16.8 Å². The molecular formula is C18H23N5O3. The molecule has 8 heteroatoms. The standard InChI is InChI=1S/C18H23N5O3/c1-12-4-3-5-15(8-12)23-11-14(10-21-23)9-20-18(26)16(22-13(2)24)6-7-17(19)25/h3-5,8,10-11,16H,6-7,9H2,1-2H3,(H2,19,25)(H,20,26)(H,22,24)/t16-/m0/s1. The number of primary amides is 1. The summed E-state index contributed by atoms with van der Waals surface area (Å²) in [6.45, 7) is 3.58. The predicted octanol–water partition coefficient (Wildman–Crippen LogP) is 0.567. The Balaban J connectivity index is 1.97. The first-order valence-electron chi connectivity index (χ1n) is 8.29. The summed E-state index contributed by atoms with van der Waals surface area (Å²) >= 11 is 0. The molecule has 26 heavy (non-hydrogen) atoms. The zero-order valence-electron chi connectivity index (χ0n) is 14.9. The molecule has 0 spiro atoms. The zero-order valence-corrected chi connectivity index (χ0v) is 14.9. The molecule has 0 fully saturated rings. The summed E-state index contributed by atoms with van der Waals surface area (Å²) < 4.78 is 1.73. The van der Waals surface area contributed by atoms with Crippen molar-refractivity contribution in [2.75, 3.05) is 0 Å². The fraction of sp³-hybridized carbons (Fsp3) is 0.333. The number of benzene rings is 1. The van der Waals surface area contributed by atoms with Crippen LogP contribution in [0, 0.1) is 6.92 Å². The van der Waals surface area contributed by atoms with Gasteiger partial charge in [-0.25, -0.2) is 4.68 Å². The summed E-state index contributed by atoms with van der Waals surface area (Å²) in [4.78, 5) is 34.4. The summed E-state index contributed by atoms with van der Waals surface area (Å²) in [5.74, 6) is -1.24. The number of nitrogens with zero attached hydrogens (tertiary/aromatic N) is 2. The highest BCUT2D eigenvalue weighted by molar-refractivity contribution is 5.87. The molecule has 0 aliphatic rings. The number of nitrogens with one attached hydrogen (secondary N) is 2. The number of carbonyl (C=O) groups is 3. The number of rotatable bonds is 8. The lowest BCUT2D eigenvalue weighted by atomic mass is 10.1. The molecule has 3 amide bonds. The average molecular weight is 357 g/mol. The third kappa shape index (κ3) is 5.73. The van der Waals surface area contributed by atoms with E-state index < -0.39 is 11.9 Å². The Morgan fingerprint density at radius 3 is 2.73 bits per heavy atom. The molecule has 2 aromatic rings.